The number of carbonyl (C=O) groups is 2. The Morgan fingerprint density at radius 3 is 2.24 bits per heavy atom. The van der Waals surface area contributed by atoms with Gasteiger partial charge in [-0.1, -0.05) is 59.1 Å². The molecule has 10 heteroatoms. The fraction of sp³-hybridized carbons (Fsp3) is 0.167. The molecule has 0 aliphatic heterocycles. The summed E-state index contributed by atoms with van der Waals surface area (Å²) >= 11 is 31.2. The Balaban J connectivity index is 1.48. The standard InChI is InChI=1S/C24H18Cl5N3O2/c1-32(15-5-3-2-4-6-15)31-22(33)16-12-14(8-10-17(16)25)30-23(34)21-20(24(21,28)29)13-7-9-18(26)19(27)11-13/h2-12,20-21H,1H3,(H,30,34)(H,31,33)/t20-,21?/m0/s1. The lowest BCUT2D eigenvalue weighted by atomic mass is 10.1. The van der Waals surface area contributed by atoms with E-state index < -0.39 is 28.0 Å². The smallest absolute Gasteiger partial charge is 0.271 e. The third kappa shape index (κ3) is 5.09. The summed E-state index contributed by atoms with van der Waals surface area (Å²) < 4.78 is -1.30. The third-order valence-electron chi connectivity index (χ3n) is 5.53. The fourth-order valence-electron chi connectivity index (χ4n) is 3.70. The molecular formula is C24H18Cl5N3O2. The number of hydrogen-bond acceptors (Lipinski definition) is 3. The lowest BCUT2D eigenvalue weighted by molar-refractivity contribution is -0.117. The summed E-state index contributed by atoms with van der Waals surface area (Å²) in [6.45, 7) is 0. The first-order chi connectivity index (χ1) is 16.1. The van der Waals surface area contributed by atoms with Gasteiger partial charge in [0.15, 0.2) is 0 Å². The first-order valence-electron chi connectivity index (χ1n) is 10.1. The quantitative estimate of drug-likeness (QED) is 0.255. The van der Waals surface area contributed by atoms with Crippen molar-refractivity contribution in [3.8, 4) is 0 Å². The van der Waals surface area contributed by atoms with E-state index in [2.05, 4.69) is 10.7 Å². The van der Waals surface area contributed by atoms with Crippen molar-refractivity contribution in [1.82, 2.24) is 5.43 Å². The number of amides is 2. The van der Waals surface area contributed by atoms with Crippen molar-refractivity contribution in [2.24, 2.45) is 5.92 Å². The fourth-order valence-corrected chi connectivity index (χ4v) is 5.04. The number of halogens is 5. The van der Waals surface area contributed by atoms with Crippen molar-refractivity contribution in [2.45, 2.75) is 10.3 Å². The number of alkyl halides is 2. The second-order valence-electron chi connectivity index (χ2n) is 7.82. The van der Waals surface area contributed by atoms with Crippen molar-refractivity contribution < 1.29 is 9.59 Å². The van der Waals surface area contributed by atoms with Gasteiger partial charge in [0.1, 0.15) is 4.33 Å². The molecule has 1 aliphatic carbocycles. The highest BCUT2D eigenvalue weighted by molar-refractivity contribution is 6.53. The highest BCUT2D eigenvalue weighted by atomic mass is 35.5. The second kappa shape index (κ2) is 9.84. The number of nitrogens with one attached hydrogen (secondary N) is 2. The molecule has 0 bridgehead atoms. The minimum atomic E-state index is -1.30. The van der Waals surface area contributed by atoms with Crippen LogP contribution >= 0.6 is 58.0 Å². The van der Waals surface area contributed by atoms with E-state index in [4.69, 9.17) is 58.0 Å². The molecule has 0 aromatic heterocycles. The first-order valence-corrected chi connectivity index (χ1v) is 12.0. The number of hydrogen-bond donors (Lipinski definition) is 2. The number of carbonyl (C=O) groups excluding carboxylic acids is 2. The zero-order valence-corrected chi connectivity index (χ0v) is 21.4. The normalized spacial score (nSPS) is 18.2. The van der Waals surface area contributed by atoms with Crippen LogP contribution in [0.1, 0.15) is 21.8 Å². The van der Waals surface area contributed by atoms with Gasteiger partial charge in [0.05, 0.1) is 32.2 Å². The van der Waals surface area contributed by atoms with E-state index in [0.29, 0.717) is 21.3 Å². The average molecular weight is 558 g/mol. The maximum Gasteiger partial charge on any atom is 0.271 e. The highest BCUT2D eigenvalue weighted by Crippen LogP contribution is 2.65. The number of para-hydroxylation sites is 1. The maximum atomic E-state index is 13.0. The van der Waals surface area contributed by atoms with Crippen LogP contribution in [-0.4, -0.2) is 23.2 Å². The summed E-state index contributed by atoms with van der Waals surface area (Å²) in [6, 6.07) is 18.9. The van der Waals surface area contributed by atoms with E-state index in [1.807, 2.05) is 30.3 Å². The van der Waals surface area contributed by atoms with E-state index in [1.54, 1.807) is 36.3 Å². The average Bonchev–Trinajstić information content (AvgIpc) is 3.39. The van der Waals surface area contributed by atoms with Crippen LogP contribution < -0.4 is 15.8 Å². The highest BCUT2D eigenvalue weighted by Gasteiger charge is 2.67. The van der Waals surface area contributed by atoms with Crippen LogP contribution in [-0.2, 0) is 4.79 Å². The zero-order valence-electron chi connectivity index (χ0n) is 17.7. The van der Waals surface area contributed by atoms with E-state index in [9.17, 15) is 9.59 Å². The number of rotatable bonds is 6. The molecule has 0 radical (unpaired) electrons. The largest absolute Gasteiger partial charge is 0.326 e. The first kappa shape index (κ1) is 25.0. The molecule has 2 amide bonds. The van der Waals surface area contributed by atoms with Crippen molar-refractivity contribution in [1.29, 1.82) is 0 Å². The Kier molecular flexibility index (Phi) is 7.22. The Morgan fingerprint density at radius 1 is 0.882 bits per heavy atom. The Morgan fingerprint density at radius 2 is 1.56 bits per heavy atom. The maximum absolute atomic E-state index is 13.0. The second-order valence-corrected chi connectivity index (χ2v) is 10.5. The lowest BCUT2D eigenvalue weighted by Gasteiger charge is -2.20. The molecule has 176 valence electrons. The van der Waals surface area contributed by atoms with Crippen molar-refractivity contribution >= 4 is 81.2 Å². The number of nitrogens with zero attached hydrogens (tertiary/aromatic N) is 1. The third-order valence-corrected chi connectivity index (χ3v) is 7.54. The topological polar surface area (TPSA) is 61.4 Å². The molecule has 5 nitrogen and oxygen atoms in total. The summed E-state index contributed by atoms with van der Waals surface area (Å²) in [5.74, 6) is -2.00. The van der Waals surface area contributed by atoms with Crippen molar-refractivity contribution in [3.05, 3.63) is 92.9 Å². The molecule has 3 aromatic carbocycles. The molecule has 2 N–H and O–H groups in total. The van der Waals surface area contributed by atoms with E-state index >= 15 is 0 Å². The number of anilines is 2. The van der Waals surface area contributed by atoms with Crippen LogP contribution in [0.5, 0.6) is 0 Å². The molecular weight excluding hydrogens is 540 g/mol. The molecule has 1 aliphatic rings. The number of benzene rings is 3. The zero-order chi connectivity index (χ0) is 24.6. The van der Waals surface area contributed by atoms with Crippen LogP contribution in [0.15, 0.2) is 66.7 Å². The lowest BCUT2D eigenvalue weighted by Crippen LogP contribution is -2.39. The van der Waals surface area contributed by atoms with Crippen LogP contribution in [0.2, 0.25) is 15.1 Å². The molecule has 1 fully saturated rings. The predicted molar refractivity (Wildman–Crippen MR) is 140 cm³/mol. The molecule has 3 aromatic rings. The van der Waals surface area contributed by atoms with Crippen LogP contribution in [0.25, 0.3) is 0 Å². The Hall–Kier alpha value is -2.15. The van der Waals surface area contributed by atoms with Gasteiger partial charge in [-0.25, -0.2) is 0 Å². The summed E-state index contributed by atoms with van der Waals surface area (Å²) in [7, 11) is 1.71. The van der Waals surface area contributed by atoms with Gasteiger partial charge >= 0.3 is 0 Å². The summed E-state index contributed by atoms with van der Waals surface area (Å²) in [5.41, 5.74) is 4.83. The Bertz CT molecular complexity index is 1250. The SMILES string of the molecule is CN(NC(=O)c1cc(NC(=O)C2[C@H](c3ccc(Cl)c(Cl)c3)C2(Cl)Cl)ccc1Cl)c1ccccc1. The van der Waals surface area contributed by atoms with Gasteiger partial charge in [0, 0.05) is 18.7 Å². The van der Waals surface area contributed by atoms with Crippen LogP contribution in [0.3, 0.4) is 0 Å². The summed E-state index contributed by atoms with van der Waals surface area (Å²) in [6.07, 6.45) is 0. The number of hydrazine groups is 1. The van der Waals surface area contributed by atoms with Crippen LogP contribution in [0, 0.1) is 5.92 Å². The van der Waals surface area contributed by atoms with E-state index in [0.717, 1.165) is 5.69 Å². The Labute approximate surface area is 221 Å². The predicted octanol–water partition coefficient (Wildman–Crippen LogP) is 6.95. The van der Waals surface area contributed by atoms with Gasteiger partial charge in [-0.15, -0.1) is 23.2 Å². The van der Waals surface area contributed by atoms with Gasteiger partial charge in [-0.3, -0.25) is 20.0 Å². The van der Waals surface area contributed by atoms with Gasteiger partial charge in [-0.05, 0) is 48.0 Å². The van der Waals surface area contributed by atoms with Crippen LogP contribution in [0.4, 0.5) is 11.4 Å². The van der Waals surface area contributed by atoms with Crippen molar-refractivity contribution in [2.75, 3.05) is 17.4 Å². The molecule has 1 unspecified atom stereocenters. The van der Waals surface area contributed by atoms with Gasteiger partial charge in [0.25, 0.3) is 5.91 Å². The molecule has 2 atom stereocenters. The molecule has 0 spiro atoms. The molecule has 4 rings (SSSR count). The van der Waals surface area contributed by atoms with E-state index in [1.165, 1.54) is 12.1 Å². The van der Waals surface area contributed by atoms with Crippen molar-refractivity contribution in [3.63, 3.8) is 0 Å². The van der Waals surface area contributed by atoms with Gasteiger partial charge in [0.2, 0.25) is 5.91 Å². The molecule has 0 saturated heterocycles. The molecule has 1 saturated carbocycles. The monoisotopic (exact) mass is 555 g/mol. The minimum absolute atomic E-state index is 0.196. The molecule has 34 heavy (non-hydrogen) atoms. The molecule has 0 heterocycles. The minimum Gasteiger partial charge on any atom is -0.326 e. The summed E-state index contributed by atoms with van der Waals surface area (Å²) in [5, 5.41) is 5.33. The van der Waals surface area contributed by atoms with Gasteiger partial charge in [-0.2, -0.15) is 0 Å². The summed E-state index contributed by atoms with van der Waals surface area (Å²) in [4.78, 5) is 25.8. The van der Waals surface area contributed by atoms with E-state index in [-0.39, 0.29) is 10.6 Å². The van der Waals surface area contributed by atoms with Gasteiger partial charge < -0.3 is 5.32 Å².